The molecule has 2 nitrogen and oxygen atoms in total. The summed E-state index contributed by atoms with van der Waals surface area (Å²) in [6.45, 7) is 5.20. The number of nitrogens with one attached hydrogen (secondary N) is 1. The van der Waals surface area contributed by atoms with E-state index in [4.69, 9.17) is 4.98 Å². The third kappa shape index (κ3) is 4.53. The first kappa shape index (κ1) is 16.9. The molecule has 1 N–H and O–H groups in total. The Bertz CT molecular complexity index is 747. The van der Waals surface area contributed by atoms with Crippen molar-refractivity contribution in [3.63, 3.8) is 0 Å². The van der Waals surface area contributed by atoms with Gasteiger partial charge < -0.3 is 5.32 Å². The lowest BCUT2D eigenvalue weighted by atomic mass is 10.1. The van der Waals surface area contributed by atoms with Crippen molar-refractivity contribution >= 4 is 11.3 Å². The monoisotopic (exact) mass is 336 g/mol. The van der Waals surface area contributed by atoms with Gasteiger partial charge in [0.15, 0.2) is 0 Å². The van der Waals surface area contributed by atoms with Gasteiger partial charge >= 0.3 is 0 Å². The molecule has 1 aromatic heterocycles. The van der Waals surface area contributed by atoms with Gasteiger partial charge in [0.2, 0.25) is 0 Å². The summed E-state index contributed by atoms with van der Waals surface area (Å²) in [5, 5.41) is 6.92. The highest BCUT2D eigenvalue weighted by Gasteiger charge is 2.07. The number of rotatable bonds is 7. The number of aromatic nitrogens is 1. The lowest BCUT2D eigenvalue weighted by molar-refractivity contribution is 0.568. The number of hydrogen-bond donors (Lipinski definition) is 1. The average molecular weight is 337 g/mol. The van der Waals surface area contributed by atoms with E-state index in [2.05, 4.69) is 79.1 Å². The van der Waals surface area contributed by atoms with Gasteiger partial charge in [-0.15, -0.1) is 11.3 Å². The van der Waals surface area contributed by atoms with Gasteiger partial charge in [-0.25, -0.2) is 4.98 Å². The molecule has 0 radical (unpaired) electrons. The Hall–Kier alpha value is -1.97. The zero-order valence-corrected chi connectivity index (χ0v) is 15.1. The smallest absolute Gasteiger partial charge is 0.0972 e. The zero-order valence-electron chi connectivity index (χ0n) is 14.3. The van der Waals surface area contributed by atoms with E-state index in [1.807, 2.05) is 0 Å². The van der Waals surface area contributed by atoms with E-state index >= 15 is 0 Å². The van der Waals surface area contributed by atoms with Crippen LogP contribution in [-0.4, -0.2) is 4.98 Å². The van der Waals surface area contributed by atoms with Crippen molar-refractivity contribution < 1.29 is 0 Å². The van der Waals surface area contributed by atoms with Crippen LogP contribution in [0.1, 0.15) is 47.3 Å². The summed E-state index contributed by atoms with van der Waals surface area (Å²) < 4.78 is 0. The van der Waals surface area contributed by atoms with E-state index in [9.17, 15) is 0 Å². The van der Waals surface area contributed by atoms with Crippen molar-refractivity contribution in [2.24, 2.45) is 0 Å². The van der Waals surface area contributed by atoms with Crippen LogP contribution in [0, 0.1) is 0 Å². The summed E-state index contributed by atoms with van der Waals surface area (Å²) in [7, 11) is 0. The van der Waals surface area contributed by atoms with Gasteiger partial charge in [-0.2, -0.15) is 0 Å². The Morgan fingerprint density at radius 3 is 2.46 bits per heavy atom. The van der Waals surface area contributed by atoms with Crippen LogP contribution in [0.3, 0.4) is 0 Å². The molecule has 0 fully saturated rings. The standard InChI is InChI=1S/C21H24N2S/c1-3-17-9-11-19(12-10-17)16(2)22-14-20-15-24-21(23-20)13-18-7-5-4-6-8-18/h4-12,15-16,22H,3,13-14H2,1-2H3. The highest BCUT2D eigenvalue weighted by molar-refractivity contribution is 7.09. The Balaban J connectivity index is 1.54. The molecule has 0 aliphatic heterocycles. The Morgan fingerprint density at radius 1 is 1.00 bits per heavy atom. The molecule has 3 heteroatoms. The molecule has 2 aromatic carbocycles. The molecule has 0 saturated heterocycles. The summed E-state index contributed by atoms with van der Waals surface area (Å²) in [6, 6.07) is 19.7. The quantitative estimate of drug-likeness (QED) is 0.645. The van der Waals surface area contributed by atoms with E-state index in [0.29, 0.717) is 6.04 Å². The molecule has 1 heterocycles. The fourth-order valence-electron chi connectivity index (χ4n) is 2.70. The molecule has 0 aliphatic carbocycles. The van der Waals surface area contributed by atoms with E-state index in [1.54, 1.807) is 11.3 Å². The Morgan fingerprint density at radius 2 is 1.75 bits per heavy atom. The van der Waals surface area contributed by atoms with Crippen LogP contribution in [0.25, 0.3) is 0 Å². The molecule has 0 aliphatic rings. The van der Waals surface area contributed by atoms with Crippen LogP contribution in [0.5, 0.6) is 0 Å². The zero-order chi connectivity index (χ0) is 16.8. The fourth-order valence-corrected chi connectivity index (χ4v) is 3.53. The van der Waals surface area contributed by atoms with Gasteiger partial charge in [0.05, 0.1) is 10.7 Å². The molecule has 1 unspecified atom stereocenters. The normalized spacial score (nSPS) is 12.2. The van der Waals surface area contributed by atoms with Gasteiger partial charge in [0.1, 0.15) is 0 Å². The van der Waals surface area contributed by atoms with Crippen LogP contribution in [0.4, 0.5) is 0 Å². The van der Waals surface area contributed by atoms with Gasteiger partial charge in [0, 0.05) is 24.4 Å². The first-order valence-electron chi connectivity index (χ1n) is 8.54. The second kappa shape index (κ2) is 8.22. The van der Waals surface area contributed by atoms with Crippen molar-refractivity contribution in [1.29, 1.82) is 0 Å². The molecular weight excluding hydrogens is 312 g/mol. The van der Waals surface area contributed by atoms with Gasteiger partial charge in [-0.05, 0) is 30.0 Å². The number of thiazole rings is 1. The first-order chi connectivity index (χ1) is 11.7. The van der Waals surface area contributed by atoms with Gasteiger partial charge in [0.25, 0.3) is 0 Å². The predicted octanol–water partition coefficient (Wildman–Crippen LogP) is 5.15. The lowest BCUT2D eigenvalue weighted by Gasteiger charge is -2.13. The topological polar surface area (TPSA) is 24.9 Å². The minimum atomic E-state index is 0.329. The highest BCUT2D eigenvalue weighted by Crippen LogP contribution is 2.17. The minimum absolute atomic E-state index is 0.329. The highest BCUT2D eigenvalue weighted by atomic mass is 32.1. The third-order valence-corrected chi connectivity index (χ3v) is 5.17. The largest absolute Gasteiger partial charge is 0.305 e. The molecule has 0 bridgehead atoms. The SMILES string of the molecule is CCc1ccc(C(C)NCc2csc(Cc3ccccc3)n2)cc1. The molecule has 1 atom stereocenters. The second-order valence-corrected chi connectivity index (χ2v) is 7.04. The molecule has 24 heavy (non-hydrogen) atoms. The average Bonchev–Trinajstić information content (AvgIpc) is 3.08. The lowest BCUT2D eigenvalue weighted by Crippen LogP contribution is -2.18. The van der Waals surface area contributed by atoms with Crippen LogP contribution in [-0.2, 0) is 19.4 Å². The van der Waals surface area contributed by atoms with Crippen LogP contribution >= 0.6 is 11.3 Å². The van der Waals surface area contributed by atoms with E-state index < -0.39 is 0 Å². The molecule has 0 spiro atoms. The van der Waals surface area contributed by atoms with Gasteiger partial charge in [-0.3, -0.25) is 0 Å². The molecule has 0 saturated carbocycles. The van der Waals surface area contributed by atoms with Crippen LogP contribution in [0.2, 0.25) is 0 Å². The van der Waals surface area contributed by atoms with Gasteiger partial charge in [-0.1, -0.05) is 61.5 Å². The summed E-state index contributed by atoms with van der Waals surface area (Å²) in [4.78, 5) is 4.75. The Labute approximate surface area is 148 Å². The maximum absolute atomic E-state index is 4.75. The minimum Gasteiger partial charge on any atom is -0.305 e. The van der Waals surface area contributed by atoms with Crippen LogP contribution < -0.4 is 5.32 Å². The second-order valence-electron chi connectivity index (χ2n) is 6.09. The first-order valence-corrected chi connectivity index (χ1v) is 9.42. The molecule has 0 amide bonds. The predicted molar refractivity (Wildman–Crippen MR) is 102 cm³/mol. The summed E-state index contributed by atoms with van der Waals surface area (Å²) in [5.41, 5.74) is 5.15. The van der Waals surface area contributed by atoms with Crippen molar-refractivity contribution in [2.45, 2.75) is 39.3 Å². The number of nitrogens with zero attached hydrogens (tertiary/aromatic N) is 1. The summed E-state index contributed by atoms with van der Waals surface area (Å²) in [6.07, 6.45) is 2.00. The summed E-state index contributed by atoms with van der Waals surface area (Å²) in [5.74, 6) is 0. The van der Waals surface area contributed by atoms with Crippen LogP contribution in [0.15, 0.2) is 60.0 Å². The molecule has 3 aromatic rings. The molecule has 3 rings (SSSR count). The van der Waals surface area contributed by atoms with Crippen molar-refractivity contribution in [3.8, 4) is 0 Å². The maximum Gasteiger partial charge on any atom is 0.0972 e. The van der Waals surface area contributed by atoms with Crippen molar-refractivity contribution in [1.82, 2.24) is 10.3 Å². The fraction of sp³-hybridized carbons (Fsp3) is 0.286. The number of benzene rings is 2. The number of aryl methyl sites for hydroxylation is 1. The summed E-state index contributed by atoms with van der Waals surface area (Å²) >= 11 is 1.75. The molecular formula is C21H24N2S. The molecule has 124 valence electrons. The van der Waals surface area contributed by atoms with E-state index in [1.165, 1.54) is 21.7 Å². The maximum atomic E-state index is 4.75. The Kier molecular flexibility index (Phi) is 5.78. The van der Waals surface area contributed by atoms with Crippen molar-refractivity contribution in [2.75, 3.05) is 0 Å². The number of hydrogen-bond acceptors (Lipinski definition) is 3. The van der Waals surface area contributed by atoms with E-state index in [-0.39, 0.29) is 0 Å². The van der Waals surface area contributed by atoms with Crippen molar-refractivity contribution in [3.05, 3.63) is 87.4 Å². The third-order valence-electron chi connectivity index (χ3n) is 4.27. The van der Waals surface area contributed by atoms with E-state index in [0.717, 1.165) is 25.1 Å².